The molecule has 1 aliphatic heterocycles. The number of esters is 2. The van der Waals surface area contributed by atoms with Crippen LogP contribution in [-0.4, -0.2) is 45.4 Å². The normalized spacial score (nSPS) is 15.5. The Hall–Kier alpha value is -3.95. The lowest BCUT2D eigenvalue weighted by atomic mass is 10.0. The van der Waals surface area contributed by atoms with Gasteiger partial charge in [0.05, 0.1) is 44.8 Å². The smallest absolute Gasteiger partial charge is 0.338 e. The molecule has 1 aromatic heterocycles. The lowest BCUT2D eigenvalue weighted by Crippen LogP contribution is -2.47. The number of ether oxygens (including phenoxy) is 4. The van der Waals surface area contributed by atoms with Crippen LogP contribution in [0.3, 0.4) is 0 Å². The highest BCUT2D eigenvalue weighted by Gasteiger charge is 2.35. The molecule has 1 atom stereocenters. The van der Waals surface area contributed by atoms with Crippen molar-refractivity contribution in [2.24, 2.45) is 0 Å². The van der Waals surface area contributed by atoms with Crippen molar-refractivity contribution in [3.05, 3.63) is 59.2 Å². The summed E-state index contributed by atoms with van der Waals surface area (Å²) in [6.45, 7) is 1.47. The molecule has 1 aliphatic rings. The molecular formula is C22H24N2O8. The van der Waals surface area contributed by atoms with Crippen LogP contribution >= 0.6 is 0 Å². The van der Waals surface area contributed by atoms with E-state index in [4.69, 9.17) is 23.4 Å². The van der Waals surface area contributed by atoms with Crippen molar-refractivity contribution >= 4 is 18.0 Å². The summed E-state index contributed by atoms with van der Waals surface area (Å²) in [5.74, 6) is 0.145. The molecule has 2 aromatic rings. The summed E-state index contributed by atoms with van der Waals surface area (Å²) in [6, 6.07) is 6.88. The summed E-state index contributed by atoms with van der Waals surface area (Å²) >= 11 is 0. The Bertz CT molecular complexity index is 1010. The van der Waals surface area contributed by atoms with Gasteiger partial charge in [-0.05, 0) is 36.8 Å². The van der Waals surface area contributed by atoms with E-state index in [-0.39, 0.29) is 30.9 Å². The molecule has 2 heterocycles. The van der Waals surface area contributed by atoms with Gasteiger partial charge >= 0.3 is 18.0 Å². The fourth-order valence-electron chi connectivity index (χ4n) is 3.21. The van der Waals surface area contributed by atoms with Crippen molar-refractivity contribution in [3.63, 3.8) is 0 Å². The van der Waals surface area contributed by atoms with E-state index in [0.717, 1.165) is 0 Å². The first kappa shape index (κ1) is 22.7. The number of carbonyl (C=O) groups excluding carboxylic acids is 3. The van der Waals surface area contributed by atoms with E-state index < -0.39 is 24.0 Å². The van der Waals surface area contributed by atoms with Gasteiger partial charge in [0.25, 0.3) is 0 Å². The zero-order valence-electron chi connectivity index (χ0n) is 17.9. The number of urea groups is 1. The summed E-state index contributed by atoms with van der Waals surface area (Å²) in [5, 5.41) is 5.14. The molecule has 2 N–H and O–H groups in total. The van der Waals surface area contributed by atoms with Crippen LogP contribution in [0.1, 0.15) is 24.3 Å². The van der Waals surface area contributed by atoms with Crippen molar-refractivity contribution in [2.45, 2.75) is 19.4 Å². The fraction of sp³-hybridized carbons (Fsp3) is 0.318. The van der Waals surface area contributed by atoms with Crippen LogP contribution in [0.25, 0.3) is 0 Å². The Labute approximate surface area is 184 Å². The van der Waals surface area contributed by atoms with Crippen LogP contribution in [-0.2, 0) is 25.5 Å². The summed E-state index contributed by atoms with van der Waals surface area (Å²) in [6.07, 6.45) is 1.38. The van der Waals surface area contributed by atoms with E-state index in [9.17, 15) is 14.4 Å². The highest BCUT2D eigenvalue weighted by molar-refractivity contribution is 5.95. The molecule has 0 spiro atoms. The lowest BCUT2D eigenvalue weighted by Gasteiger charge is -2.27. The topological polar surface area (TPSA) is 125 Å². The van der Waals surface area contributed by atoms with Crippen molar-refractivity contribution in [2.75, 3.05) is 27.4 Å². The number of nitrogens with one attached hydrogen (secondary N) is 2. The van der Waals surface area contributed by atoms with Crippen molar-refractivity contribution in [1.82, 2.24) is 10.6 Å². The number of methoxy groups -OCH3 is 2. The highest BCUT2D eigenvalue weighted by atomic mass is 16.5. The molecular weight excluding hydrogens is 420 g/mol. The molecule has 10 nitrogen and oxygen atoms in total. The number of amides is 2. The van der Waals surface area contributed by atoms with Gasteiger partial charge < -0.3 is 34.0 Å². The van der Waals surface area contributed by atoms with Crippen molar-refractivity contribution in [1.29, 1.82) is 0 Å². The molecule has 0 radical (unpaired) electrons. The second-order valence-electron chi connectivity index (χ2n) is 6.69. The van der Waals surface area contributed by atoms with Gasteiger partial charge in [-0.2, -0.15) is 0 Å². The number of furan rings is 1. The molecule has 1 unspecified atom stereocenters. The van der Waals surface area contributed by atoms with E-state index in [1.807, 2.05) is 0 Å². The minimum Gasteiger partial charge on any atom is -0.493 e. The van der Waals surface area contributed by atoms with Gasteiger partial charge in [0, 0.05) is 0 Å². The molecule has 2 amide bonds. The van der Waals surface area contributed by atoms with E-state index in [2.05, 4.69) is 10.6 Å². The Balaban J connectivity index is 1.78. The summed E-state index contributed by atoms with van der Waals surface area (Å²) in [4.78, 5) is 37.2. The molecule has 32 heavy (non-hydrogen) atoms. The number of hydrogen-bond acceptors (Lipinski definition) is 8. The molecule has 0 fully saturated rings. The summed E-state index contributed by atoms with van der Waals surface area (Å²) < 4.78 is 26.2. The zero-order valence-corrected chi connectivity index (χ0v) is 17.9. The Morgan fingerprint density at radius 3 is 2.53 bits per heavy atom. The maximum Gasteiger partial charge on any atom is 0.338 e. The second kappa shape index (κ2) is 10.4. The average Bonchev–Trinajstić information content (AvgIpc) is 3.32. The second-order valence-corrected chi connectivity index (χ2v) is 6.69. The average molecular weight is 444 g/mol. The fourth-order valence-corrected chi connectivity index (χ4v) is 3.21. The first-order chi connectivity index (χ1) is 15.5. The molecule has 3 rings (SSSR count). The van der Waals surface area contributed by atoms with Gasteiger partial charge in [-0.1, -0.05) is 6.07 Å². The van der Waals surface area contributed by atoms with E-state index in [1.165, 1.54) is 20.5 Å². The predicted molar refractivity (Wildman–Crippen MR) is 111 cm³/mol. The van der Waals surface area contributed by atoms with Crippen LogP contribution in [0.15, 0.2) is 52.3 Å². The number of hydrogen-bond donors (Lipinski definition) is 2. The number of carbonyl (C=O) groups is 3. The predicted octanol–water partition coefficient (Wildman–Crippen LogP) is 2.25. The molecule has 0 saturated heterocycles. The third-order valence-electron chi connectivity index (χ3n) is 4.65. The molecule has 170 valence electrons. The third-order valence-corrected chi connectivity index (χ3v) is 4.65. The molecule has 0 bridgehead atoms. The maximum atomic E-state index is 12.6. The van der Waals surface area contributed by atoms with Crippen LogP contribution in [0.4, 0.5) is 4.79 Å². The number of benzene rings is 1. The Morgan fingerprint density at radius 1 is 1.09 bits per heavy atom. The monoisotopic (exact) mass is 444 g/mol. The van der Waals surface area contributed by atoms with Crippen molar-refractivity contribution in [3.8, 4) is 11.5 Å². The van der Waals surface area contributed by atoms with Gasteiger partial charge in [0.15, 0.2) is 11.5 Å². The maximum absolute atomic E-state index is 12.6. The summed E-state index contributed by atoms with van der Waals surface area (Å²) in [5.41, 5.74) is 0.865. The molecule has 10 heteroatoms. The summed E-state index contributed by atoms with van der Waals surface area (Å²) in [7, 11) is 3.02. The molecule has 0 aliphatic carbocycles. The van der Waals surface area contributed by atoms with Crippen molar-refractivity contribution < 1.29 is 37.7 Å². The SMILES string of the molecule is CCOC(=O)C1=C(COC(=O)Cc2ccc(OC)c(OC)c2)NC(=O)NC1c1ccco1. The minimum absolute atomic E-state index is 0.0455. The van der Waals surface area contributed by atoms with Crippen LogP contribution in [0.5, 0.6) is 11.5 Å². The minimum atomic E-state index is -0.877. The largest absolute Gasteiger partial charge is 0.493 e. The lowest BCUT2D eigenvalue weighted by molar-refractivity contribution is -0.143. The number of rotatable bonds is 9. The zero-order chi connectivity index (χ0) is 23.1. The van der Waals surface area contributed by atoms with E-state index in [0.29, 0.717) is 22.8 Å². The third kappa shape index (κ3) is 5.20. The first-order valence-corrected chi connectivity index (χ1v) is 9.84. The van der Waals surface area contributed by atoms with E-state index >= 15 is 0 Å². The van der Waals surface area contributed by atoms with Crippen LogP contribution in [0, 0.1) is 0 Å². The first-order valence-electron chi connectivity index (χ1n) is 9.84. The van der Waals surface area contributed by atoms with Gasteiger partial charge in [-0.3, -0.25) is 4.79 Å². The Kier molecular flexibility index (Phi) is 7.37. The highest BCUT2D eigenvalue weighted by Crippen LogP contribution is 2.29. The Morgan fingerprint density at radius 2 is 1.88 bits per heavy atom. The van der Waals surface area contributed by atoms with Gasteiger partial charge in [0.2, 0.25) is 0 Å². The van der Waals surface area contributed by atoms with Crippen LogP contribution < -0.4 is 20.1 Å². The van der Waals surface area contributed by atoms with Gasteiger partial charge in [-0.15, -0.1) is 0 Å². The quantitative estimate of drug-likeness (QED) is 0.564. The van der Waals surface area contributed by atoms with Crippen LogP contribution in [0.2, 0.25) is 0 Å². The van der Waals surface area contributed by atoms with Gasteiger partial charge in [-0.25, -0.2) is 9.59 Å². The molecule has 0 saturated carbocycles. The van der Waals surface area contributed by atoms with Gasteiger partial charge in [0.1, 0.15) is 18.4 Å². The van der Waals surface area contributed by atoms with E-state index in [1.54, 1.807) is 37.3 Å². The molecule has 1 aromatic carbocycles. The standard InChI is InChI=1S/C22H24N2O8/c1-4-30-21(26)19-14(23-22(27)24-20(19)16-6-5-9-31-16)12-32-18(25)11-13-7-8-15(28-2)17(10-13)29-3/h5-10,20H,4,11-12H2,1-3H3,(H2,23,24,27).